The van der Waals surface area contributed by atoms with Crippen LogP contribution in [-0.2, 0) is 22.6 Å². The number of amides is 1. The third-order valence-electron chi connectivity index (χ3n) is 11.3. The Morgan fingerprint density at radius 1 is 1.04 bits per heavy atom. The number of carbonyl (C=O) groups is 1. The first kappa shape index (κ1) is 39.2. The number of alkyl halides is 3. The van der Waals surface area contributed by atoms with Gasteiger partial charge in [0.1, 0.15) is 23.2 Å². The molecule has 2 aromatic carbocycles. The van der Waals surface area contributed by atoms with Gasteiger partial charge in [-0.15, -0.1) is 0 Å². The van der Waals surface area contributed by atoms with Crippen molar-refractivity contribution in [2.75, 3.05) is 58.5 Å². The van der Waals surface area contributed by atoms with E-state index in [2.05, 4.69) is 30.4 Å². The van der Waals surface area contributed by atoms with E-state index in [0.717, 1.165) is 80.0 Å². The molecule has 1 saturated heterocycles. The lowest BCUT2D eigenvalue weighted by Crippen LogP contribution is -2.52. The number of anilines is 2. The zero-order valence-corrected chi connectivity index (χ0v) is 31.9. The summed E-state index contributed by atoms with van der Waals surface area (Å²) in [7, 11) is -1.13. The van der Waals surface area contributed by atoms with Gasteiger partial charge in [-0.3, -0.25) is 9.69 Å². The van der Waals surface area contributed by atoms with Gasteiger partial charge in [0.2, 0.25) is 21.9 Å². The number of fused-ring (bicyclic) bond motifs is 1. The Kier molecular flexibility index (Phi) is 11.3. The number of carbonyl (C=O) groups excluding carboxylic acids is 1. The molecule has 3 aromatic rings. The van der Waals surface area contributed by atoms with Crippen molar-refractivity contribution in [1.29, 1.82) is 0 Å². The van der Waals surface area contributed by atoms with Crippen molar-refractivity contribution in [1.82, 2.24) is 29.4 Å². The van der Waals surface area contributed by atoms with E-state index in [1.807, 2.05) is 0 Å². The van der Waals surface area contributed by atoms with Crippen LogP contribution in [0.5, 0.6) is 11.6 Å². The van der Waals surface area contributed by atoms with Crippen LogP contribution in [0.25, 0.3) is 0 Å². The highest BCUT2D eigenvalue weighted by molar-refractivity contribution is 7.88. The highest BCUT2D eigenvalue weighted by Crippen LogP contribution is 2.42. The van der Waals surface area contributed by atoms with Crippen molar-refractivity contribution in [3.05, 3.63) is 70.7 Å². The minimum atomic E-state index is -4.92. The van der Waals surface area contributed by atoms with Gasteiger partial charge in [0.05, 0.1) is 30.7 Å². The summed E-state index contributed by atoms with van der Waals surface area (Å²) in [5.74, 6) is -1.76. The van der Waals surface area contributed by atoms with Gasteiger partial charge < -0.3 is 25.0 Å². The van der Waals surface area contributed by atoms with Crippen molar-refractivity contribution >= 4 is 27.6 Å². The van der Waals surface area contributed by atoms with E-state index in [1.54, 1.807) is 24.3 Å². The predicted molar refractivity (Wildman–Crippen MR) is 197 cm³/mol. The molecule has 0 radical (unpaired) electrons. The van der Waals surface area contributed by atoms with Crippen molar-refractivity contribution in [2.45, 2.75) is 75.4 Å². The molecule has 0 bridgehead atoms. The number of methoxy groups -OCH3 is 1. The minimum absolute atomic E-state index is 0.0307. The Morgan fingerprint density at radius 3 is 2.40 bits per heavy atom. The fraction of sp³-hybridized carbons (Fsp3) is 0.553. The quantitative estimate of drug-likeness (QED) is 0.231. The standard InChI is InChI=1S/C38H47F4N7O5S/c1-47(55(3,51)52)34-27-7-5-4-6-24(27)18-33(34)54-36-29(38(40,41)42)21-43-37(46-36)45-31-20-30(39)28(19-32(31)53-2)35(50)44-25-10-12-26(13-11-25)49-16-14-48(15-17-49)22-23-8-9-23/h4-7,19-21,23,25-26,33-34H,8-18,22H2,1-3H3,(H,44,50)(H,43,45,46)/t25-,26-,33-,34-/m1/s1. The molecule has 4 aliphatic rings. The van der Waals surface area contributed by atoms with Gasteiger partial charge in [-0.25, -0.2) is 17.8 Å². The Bertz CT molecular complexity index is 1980. The molecule has 1 aliphatic heterocycles. The number of rotatable bonds is 12. The molecular weight excluding hydrogens is 743 g/mol. The van der Waals surface area contributed by atoms with Crippen LogP contribution < -0.4 is 20.1 Å². The molecule has 0 spiro atoms. The highest BCUT2D eigenvalue weighted by Gasteiger charge is 2.43. The molecule has 12 nitrogen and oxygen atoms in total. The van der Waals surface area contributed by atoms with Crippen LogP contribution >= 0.6 is 0 Å². The van der Waals surface area contributed by atoms with E-state index >= 15 is 4.39 Å². The summed E-state index contributed by atoms with van der Waals surface area (Å²) >= 11 is 0. The number of piperazine rings is 1. The number of benzene rings is 2. The molecule has 7 rings (SSSR count). The van der Waals surface area contributed by atoms with Gasteiger partial charge in [-0.2, -0.15) is 22.5 Å². The van der Waals surface area contributed by atoms with Crippen LogP contribution in [0, 0.1) is 11.7 Å². The second-order valence-corrected chi connectivity index (χ2v) is 17.2. The normalized spacial score (nSPS) is 23.7. The molecule has 3 aliphatic carbocycles. The molecule has 17 heteroatoms. The Balaban J connectivity index is 1.03. The number of nitrogens with zero attached hydrogens (tertiary/aromatic N) is 5. The van der Waals surface area contributed by atoms with Crippen molar-refractivity contribution in [3.63, 3.8) is 0 Å². The van der Waals surface area contributed by atoms with Crippen molar-refractivity contribution in [2.24, 2.45) is 5.92 Å². The molecule has 55 heavy (non-hydrogen) atoms. The lowest BCUT2D eigenvalue weighted by atomic mass is 9.89. The van der Waals surface area contributed by atoms with Gasteiger partial charge in [0, 0.05) is 70.5 Å². The van der Waals surface area contributed by atoms with Crippen LogP contribution in [0.1, 0.15) is 71.6 Å². The number of nitrogens with one attached hydrogen (secondary N) is 2. The topological polar surface area (TPSA) is 129 Å². The third kappa shape index (κ3) is 9.00. The van der Waals surface area contributed by atoms with Gasteiger partial charge in [0.25, 0.3) is 5.91 Å². The van der Waals surface area contributed by atoms with Crippen molar-refractivity contribution in [3.8, 4) is 11.6 Å². The molecule has 2 atom stereocenters. The monoisotopic (exact) mass is 789 g/mol. The summed E-state index contributed by atoms with van der Waals surface area (Å²) in [5, 5.41) is 5.68. The summed E-state index contributed by atoms with van der Waals surface area (Å²) in [4.78, 5) is 26.3. The van der Waals surface area contributed by atoms with Crippen LogP contribution in [0.15, 0.2) is 42.6 Å². The third-order valence-corrected chi connectivity index (χ3v) is 12.6. The number of aromatic nitrogens is 2. The number of ether oxygens (including phenoxy) is 2. The van der Waals surface area contributed by atoms with Crippen LogP contribution in [0.3, 0.4) is 0 Å². The lowest BCUT2D eigenvalue weighted by molar-refractivity contribution is -0.140. The molecule has 1 aromatic heterocycles. The maximum Gasteiger partial charge on any atom is 0.423 e. The van der Waals surface area contributed by atoms with E-state index in [4.69, 9.17) is 9.47 Å². The zero-order chi connectivity index (χ0) is 39.1. The maximum absolute atomic E-state index is 15.6. The summed E-state index contributed by atoms with van der Waals surface area (Å²) in [6.45, 7) is 5.53. The van der Waals surface area contributed by atoms with E-state index in [-0.39, 0.29) is 35.4 Å². The number of sulfonamides is 1. The SMILES string of the molecule is COc1cc(C(=O)N[C@H]2CC[C@H](N3CCN(CC4CC4)CC3)CC2)c(F)cc1Nc1ncc(C(F)(F)F)c(O[C@@H]2Cc3ccccc3[C@H]2N(C)S(C)(=O)=O)n1. The van der Waals surface area contributed by atoms with Gasteiger partial charge >= 0.3 is 6.18 Å². The van der Waals surface area contributed by atoms with Gasteiger partial charge in [-0.1, -0.05) is 24.3 Å². The number of halogens is 4. The van der Waals surface area contributed by atoms with Gasteiger partial charge in [0.15, 0.2) is 0 Å². The first-order valence-corrected chi connectivity index (χ1v) is 20.6. The highest BCUT2D eigenvalue weighted by atomic mass is 32.2. The zero-order valence-electron chi connectivity index (χ0n) is 31.1. The first-order valence-electron chi connectivity index (χ1n) is 18.7. The molecule has 2 saturated carbocycles. The number of hydrogen-bond donors (Lipinski definition) is 2. The summed E-state index contributed by atoms with van der Waals surface area (Å²) in [6.07, 6.45) is 1.86. The van der Waals surface area contributed by atoms with E-state index < -0.39 is 51.5 Å². The Labute approximate surface area is 318 Å². The number of likely N-dealkylation sites (N-methyl/N-ethyl adjacent to an activating group) is 1. The fourth-order valence-corrected chi connectivity index (χ4v) is 8.74. The lowest BCUT2D eigenvalue weighted by Gasteiger charge is -2.42. The molecule has 298 valence electrons. The first-order chi connectivity index (χ1) is 26.2. The van der Waals surface area contributed by atoms with E-state index in [9.17, 15) is 26.4 Å². The molecule has 2 N–H and O–H groups in total. The fourth-order valence-electron chi connectivity index (χ4n) is 8.07. The second-order valence-electron chi connectivity index (χ2n) is 15.1. The molecule has 2 heterocycles. The van der Waals surface area contributed by atoms with E-state index in [0.29, 0.717) is 17.8 Å². The number of hydrogen-bond acceptors (Lipinski definition) is 10. The Hall–Kier alpha value is -4.06. The van der Waals surface area contributed by atoms with Crippen LogP contribution in [0.4, 0.5) is 29.2 Å². The molecule has 3 fully saturated rings. The van der Waals surface area contributed by atoms with Crippen molar-refractivity contribution < 1.29 is 40.2 Å². The molecule has 1 amide bonds. The second kappa shape index (κ2) is 15.8. The summed E-state index contributed by atoms with van der Waals surface area (Å²) in [6, 6.07) is 8.58. The molecular formula is C38H47F4N7O5S. The predicted octanol–water partition coefficient (Wildman–Crippen LogP) is 5.39. The summed E-state index contributed by atoms with van der Waals surface area (Å²) < 4.78 is 95.7. The average Bonchev–Trinajstić information content (AvgIpc) is 3.89. The largest absolute Gasteiger partial charge is 0.495 e. The van der Waals surface area contributed by atoms with E-state index in [1.165, 1.54) is 39.6 Å². The smallest absolute Gasteiger partial charge is 0.423 e. The summed E-state index contributed by atoms with van der Waals surface area (Å²) in [5.41, 5.74) is -0.232. The van der Waals surface area contributed by atoms with Gasteiger partial charge in [-0.05, 0) is 61.6 Å². The van der Waals surface area contributed by atoms with Crippen LogP contribution in [0.2, 0.25) is 0 Å². The average molecular weight is 790 g/mol. The Morgan fingerprint density at radius 2 is 1.75 bits per heavy atom. The van der Waals surface area contributed by atoms with Crippen LogP contribution in [-0.4, -0.2) is 110 Å². The maximum atomic E-state index is 15.6. The molecule has 0 unspecified atom stereocenters. The minimum Gasteiger partial charge on any atom is -0.495 e.